The van der Waals surface area contributed by atoms with E-state index >= 15 is 0 Å². The van der Waals surface area contributed by atoms with Crippen molar-refractivity contribution in [1.29, 1.82) is 0 Å². The van der Waals surface area contributed by atoms with Crippen LogP contribution >= 0.6 is 0 Å². The van der Waals surface area contributed by atoms with Gasteiger partial charge in [0, 0.05) is 24.7 Å². The summed E-state index contributed by atoms with van der Waals surface area (Å²) in [7, 11) is 0. The van der Waals surface area contributed by atoms with E-state index in [4.69, 9.17) is 4.74 Å². The number of carbonyl (C=O) groups excluding carboxylic acids is 1. The van der Waals surface area contributed by atoms with Crippen LogP contribution in [-0.2, 0) is 4.74 Å². The molecule has 21 heavy (non-hydrogen) atoms. The quantitative estimate of drug-likeness (QED) is 0.864. The Labute approximate surface area is 122 Å². The standard InChI is InChI=1S/C15H18N4O2/c20-14(11-2-5-16-13-12(11)17-10-18-13)19-6-7-21-9-15(8-19)3-1-4-15/h2,5,10H,1,3-4,6-9H2,(H,16,17,18). The molecule has 3 heterocycles. The van der Waals surface area contributed by atoms with Crippen LogP contribution in [0.5, 0.6) is 0 Å². The van der Waals surface area contributed by atoms with E-state index in [1.165, 1.54) is 6.42 Å². The molecule has 0 bridgehead atoms. The summed E-state index contributed by atoms with van der Waals surface area (Å²) in [4.78, 5) is 26.1. The molecule has 1 aliphatic carbocycles. The van der Waals surface area contributed by atoms with Crippen LogP contribution in [0.15, 0.2) is 18.6 Å². The van der Waals surface area contributed by atoms with Crippen molar-refractivity contribution in [2.45, 2.75) is 19.3 Å². The van der Waals surface area contributed by atoms with Crippen LogP contribution in [-0.4, -0.2) is 52.1 Å². The Morgan fingerprint density at radius 2 is 2.29 bits per heavy atom. The Morgan fingerprint density at radius 3 is 3.10 bits per heavy atom. The predicted octanol–water partition coefficient (Wildman–Crippen LogP) is 1.60. The Balaban J connectivity index is 1.65. The monoisotopic (exact) mass is 286 g/mol. The lowest BCUT2D eigenvalue weighted by Gasteiger charge is -2.42. The number of imidazole rings is 1. The molecule has 1 aliphatic heterocycles. The largest absolute Gasteiger partial charge is 0.379 e. The Bertz CT molecular complexity index is 677. The van der Waals surface area contributed by atoms with Crippen molar-refractivity contribution in [2.75, 3.05) is 26.3 Å². The molecule has 1 N–H and O–H groups in total. The van der Waals surface area contributed by atoms with Crippen LogP contribution in [0.4, 0.5) is 0 Å². The second-order valence-electron chi connectivity index (χ2n) is 6.09. The molecule has 4 rings (SSSR count). The molecule has 2 fully saturated rings. The highest BCUT2D eigenvalue weighted by Gasteiger charge is 2.41. The zero-order valence-electron chi connectivity index (χ0n) is 11.8. The number of aromatic nitrogens is 3. The molecule has 6 heteroatoms. The molecule has 1 saturated heterocycles. The molecule has 1 spiro atoms. The first-order valence-corrected chi connectivity index (χ1v) is 7.43. The van der Waals surface area contributed by atoms with Gasteiger partial charge in [-0.25, -0.2) is 9.97 Å². The van der Waals surface area contributed by atoms with E-state index in [-0.39, 0.29) is 11.3 Å². The van der Waals surface area contributed by atoms with E-state index in [1.54, 1.807) is 18.6 Å². The molecule has 2 aliphatic rings. The molecule has 110 valence electrons. The van der Waals surface area contributed by atoms with Gasteiger partial charge in [0.05, 0.1) is 30.6 Å². The van der Waals surface area contributed by atoms with Crippen molar-refractivity contribution in [3.8, 4) is 0 Å². The third kappa shape index (κ3) is 2.10. The van der Waals surface area contributed by atoms with Gasteiger partial charge in [-0.1, -0.05) is 6.42 Å². The smallest absolute Gasteiger partial charge is 0.256 e. The molecule has 0 aromatic carbocycles. The molecule has 0 atom stereocenters. The maximum Gasteiger partial charge on any atom is 0.256 e. The maximum atomic E-state index is 12.9. The van der Waals surface area contributed by atoms with Crippen molar-refractivity contribution in [2.24, 2.45) is 5.41 Å². The number of amides is 1. The number of pyridine rings is 1. The number of aromatic amines is 1. The molecule has 0 radical (unpaired) electrons. The fraction of sp³-hybridized carbons (Fsp3) is 0.533. The lowest BCUT2D eigenvalue weighted by molar-refractivity contribution is 0.0104. The van der Waals surface area contributed by atoms with E-state index in [0.29, 0.717) is 24.4 Å². The predicted molar refractivity (Wildman–Crippen MR) is 76.9 cm³/mol. The van der Waals surface area contributed by atoms with Gasteiger partial charge in [0.1, 0.15) is 0 Å². The molecule has 1 saturated carbocycles. The minimum atomic E-state index is 0.0448. The number of hydrogen-bond acceptors (Lipinski definition) is 4. The Morgan fingerprint density at radius 1 is 1.38 bits per heavy atom. The van der Waals surface area contributed by atoms with Crippen LogP contribution in [0.1, 0.15) is 29.6 Å². The number of rotatable bonds is 1. The zero-order chi connectivity index (χ0) is 14.3. The second kappa shape index (κ2) is 4.80. The van der Waals surface area contributed by atoms with Crippen LogP contribution in [0.3, 0.4) is 0 Å². The minimum absolute atomic E-state index is 0.0448. The molecule has 0 unspecified atom stereocenters. The fourth-order valence-electron chi connectivity index (χ4n) is 3.34. The normalized spacial score (nSPS) is 21.2. The van der Waals surface area contributed by atoms with Gasteiger partial charge in [0.25, 0.3) is 5.91 Å². The van der Waals surface area contributed by atoms with Crippen LogP contribution in [0.25, 0.3) is 11.2 Å². The van der Waals surface area contributed by atoms with Crippen molar-refractivity contribution in [3.63, 3.8) is 0 Å². The van der Waals surface area contributed by atoms with Crippen molar-refractivity contribution >= 4 is 17.1 Å². The first kappa shape index (κ1) is 12.8. The van der Waals surface area contributed by atoms with Gasteiger partial charge in [-0.3, -0.25) is 4.79 Å². The van der Waals surface area contributed by atoms with Gasteiger partial charge in [-0.2, -0.15) is 0 Å². The molecular weight excluding hydrogens is 268 g/mol. The summed E-state index contributed by atoms with van der Waals surface area (Å²) in [6, 6.07) is 1.77. The summed E-state index contributed by atoms with van der Waals surface area (Å²) in [5.41, 5.74) is 2.14. The number of hydrogen-bond donors (Lipinski definition) is 1. The summed E-state index contributed by atoms with van der Waals surface area (Å²) in [6.07, 6.45) is 6.78. The van der Waals surface area contributed by atoms with Gasteiger partial charge >= 0.3 is 0 Å². The van der Waals surface area contributed by atoms with Crippen molar-refractivity contribution in [3.05, 3.63) is 24.2 Å². The number of ether oxygens (including phenoxy) is 1. The zero-order valence-corrected chi connectivity index (χ0v) is 11.8. The van der Waals surface area contributed by atoms with Gasteiger partial charge in [0.15, 0.2) is 5.65 Å². The summed E-state index contributed by atoms with van der Waals surface area (Å²) in [5.74, 6) is 0.0448. The first-order chi connectivity index (χ1) is 10.3. The number of carbonyl (C=O) groups is 1. The van der Waals surface area contributed by atoms with Crippen LogP contribution < -0.4 is 0 Å². The average molecular weight is 286 g/mol. The summed E-state index contributed by atoms with van der Waals surface area (Å²) in [6.45, 7) is 2.85. The molecule has 1 amide bonds. The van der Waals surface area contributed by atoms with E-state index in [0.717, 1.165) is 31.5 Å². The van der Waals surface area contributed by atoms with Crippen molar-refractivity contribution < 1.29 is 9.53 Å². The molecule has 6 nitrogen and oxygen atoms in total. The van der Waals surface area contributed by atoms with E-state index in [1.807, 2.05) is 4.90 Å². The number of nitrogens with one attached hydrogen (secondary N) is 1. The Kier molecular flexibility index (Phi) is 2.92. The lowest BCUT2D eigenvalue weighted by atomic mass is 9.69. The van der Waals surface area contributed by atoms with Gasteiger partial charge < -0.3 is 14.6 Å². The number of nitrogens with zero attached hydrogens (tertiary/aromatic N) is 3. The van der Waals surface area contributed by atoms with Crippen LogP contribution in [0, 0.1) is 5.41 Å². The fourth-order valence-corrected chi connectivity index (χ4v) is 3.34. The summed E-state index contributed by atoms with van der Waals surface area (Å²) >= 11 is 0. The van der Waals surface area contributed by atoms with E-state index in [2.05, 4.69) is 15.0 Å². The van der Waals surface area contributed by atoms with E-state index < -0.39 is 0 Å². The Hall–Kier alpha value is -1.95. The summed E-state index contributed by atoms with van der Waals surface area (Å²) < 4.78 is 5.71. The lowest BCUT2D eigenvalue weighted by Crippen LogP contribution is -2.45. The average Bonchev–Trinajstić information content (AvgIpc) is 2.82. The van der Waals surface area contributed by atoms with Crippen LogP contribution in [0.2, 0.25) is 0 Å². The molecule has 2 aromatic heterocycles. The van der Waals surface area contributed by atoms with Crippen molar-refractivity contribution in [1.82, 2.24) is 19.9 Å². The first-order valence-electron chi connectivity index (χ1n) is 7.43. The van der Waals surface area contributed by atoms with Gasteiger partial charge in [0.2, 0.25) is 0 Å². The van der Waals surface area contributed by atoms with Gasteiger partial charge in [-0.05, 0) is 18.9 Å². The second-order valence-corrected chi connectivity index (χ2v) is 6.09. The third-order valence-corrected chi connectivity index (χ3v) is 4.70. The van der Waals surface area contributed by atoms with Gasteiger partial charge in [-0.15, -0.1) is 0 Å². The number of H-pyrrole nitrogens is 1. The third-order valence-electron chi connectivity index (χ3n) is 4.70. The highest BCUT2D eigenvalue weighted by molar-refractivity contribution is 6.03. The highest BCUT2D eigenvalue weighted by atomic mass is 16.5. The molecule has 2 aromatic rings. The SMILES string of the molecule is O=C(c1ccnc2nc[nH]c12)N1CCOCC2(CCC2)C1. The summed E-state index contributed by atoms with van der Waals surface area (Å²) in [5, 5.41) is 0. The molecular formula is C15H18N4O2. The minimum Gasteiger partial charge on any atom is -0.379 e. The maximum absolute atomic E-state index is 12.9. The topological polar surface area (TPSA) is 71.1 Å². The van der Waals surface area contributed by atoms with E-state index in [9.17, 15) is 4.79 Å². The highest BCUT2D eigenvalue weighted by Crippen LogP contribution is 2.42. The number of fused-ring (bicyclic) bond motifs is 1.